The summed E-state index contributed by atoms with van der Waals surface area (Å²) in [5.74, 6) is -0.849. The van der Waals surface area contributed by atoms with Gasteiger partial charge in [-0.15, -0.1) is 0 Å². The van der Waals surface area contributed by atoms with Crippen LogP contribution in [0.5, 0.6) is 0 Å². The van der Waals surface area contributed by atoms with Gasteiger partial charge in [-0.3, -0.25) is 9.59 Å². The van der Waals surface area contributed by atoms with Crippen LogP contribution in [0.4, 0.5) is 0 Å². The summed E-state index contributed by atoms with van der Waals surface area (Å²) in [6.45, 7) is 4.29. The third-order valence-corrected chi connectivity index (χ3v) is 8.44. The van der Waals surface area contributed by atoms with Crippen LogP contribution in [-0.2, 0) is 9.59 Å². The van der Waals surface area contributed by atoms with E-state index in [0.717, 1.165) is 83.6 Å². The average molecular weight is 633 g/mol. The summed E-state index contributed by atoms with van der Waals surface area (Å²) < 4.78 is 0. The maximum atomic E-state index is 12.7. The molecule has 0 aromatic rings. The molecule has 0 aromatic heterocycles. The summed E-state index contributed by atoms with van der Waals surface area (Å²) in [7, 11) is 0. The van der Waals surface area contributed by atoms with Gasteiger partial charge in [-0.1, -0.05) is 123 Å². The Kier molecular flexibility index (Phi) is 28.3. The molecule has 0 bridgehead atoms. The zero-order valence-corrected chi connectivity index (χ0v) is 27.9. The van der Waals surface area contributed by atoms with E-state index in [4.69, 9.17) is 5.11 Å². The van der Waals surface area contributed by atoms with Gasteiger partial charge in [-0.25, -0.2) is 0 Å². The second-order valence-corrected chi connectivity index (χ2v) is 12.5. The maximum Gasteiger partial charge on any atom is 0.251 e. The van der Waals surface area contributed by atoms with E-state index in [1.165, 1.54) is 44.9 Å². The first-order chi connectivity index (χ1) is 21.2. The number of amides is 2. The average Bonchev–Trinajstić information content (AvgIpc) is 3.02. The monoisotopic (exact) mass is 632 g/mol. The lowest BCUT2D eigenvalue weighted by molar-refractivity contribution is -0.150. The van der Waals surface area contributed by atoms with Crippen LogP contribution >= 0.6 is 0 Å². The fourth-order valence-electron chi connectivity index (χ4n) is 5.40. The van der Waals surface area contributed by atoms with Crippen molar-refractivity contribution in [3.63, 3.8) is 0 Å². The van der Waals surface area contributed by atoms with E-state index in [-0.39, 0.29) is 5.91 Å². The molecule has 0 rings (SSSR count). The standard InChI is InChI=1S/C34H68N2O8/c1-3-5-7-9-11-12-17-21-25-35-30(40)24-20-16-13-14-18-22-27(28(38)23-19-15-10-8-6-4-2)36-34(44)33(43)32(42)31(41)29(39)26-37/h27-29,31-33,37-39,41-43H,3-26H2,1-2H3,(H,35,40)(H,36,44)/t27?,28?,29-,31-,32+,33-/m1/s1. The quantitative estimate of drug-likeness (QED) is 0.0528. The van der Waals surface area contributed by atoms with Crippen molar-refractivity contribution < 1.29 is 40.2 Å². The van der Waals surface area contributed by atoms with Crippen molar-refractivity contribution in [2.75, 3.05) is 13.2 Å². The number of rotatable bonds is 31. The van der Waals surface area contributed by atoms with Crippen molar-refractivity contribution in [2.24, 2.45) is 0 Å². The molecule has 0 aromatic carbocycles. The number of hydrogen-bond donors (Lipinski definition) is 8. The number of hydrogen-bond acceptors (Lipinski definition) is 8. The number of unbranched alkanes of at least 4 members (excludes halogenated alkanes) is 16. The number of nitrogens with one attached hydrogen (secondary N) is 2. The fraction of sp³-hybridized carbons (Fsp3) is 0.941. The highest BCUT2D eigenvalue weighted by molar-refractivity contribution is 5.81. The zero-order chi connectivity index (χ0) is 33.0. The van der Waals surface area contributed by atoms with Crippen LogP contribution in [0.3, 0.4) is 0 Å². The molecule has 262 valence electrons. The van der Waals surface area contributed by atoms with Crippen molar-refractivity contribution in [1.29, 1.82) is 0 Å². The van der Waals surface area contributed by atoms with Gasteiger partial charge in [0.25, 0.3) is 5.91 Å². The first-order valence-corrected chi connectivity index (χ1v) is 17.8. The minimum Gasteiger partial charge on any atom is -0.394 e. The second kappa shape index (κ2) is 29.1. The Morgan fingerprint density at radius 2 is 1.05 bits per heavy atom. The first-order valence-electron chi connectivity index (χ1n) is 17.8. The molecule has 8 N–H and O–H groups in total. The van der Waals surface area contributed by atoms with E-state index in [0.29, 0.717) is 19.3 Å². The minimum atomic E-state index is -2.03. The van der Waals surface area contributed by atoms with Gasteiger partial charge in [0.2, 0.25) is 5.91 Å². The zero-order valence-electron chi connectivity index (χ0n) is 27.9. The van der Waals surface area contributed by atoms with Gasteiger partial charge in [0.05, 0.1) is 18.8 Å². The largest absolute Gasteiger partial charge is 0.394 e. The van der Waals surface area contributed by atoms with Crippen molar-refractivity contribution in [3.05, 3.63) is 0 Å². The lowest BCUT2D eigenvalue weighted by atomic mass is 9.96. The number of aliphatic hydroxyl groups is 6. The summed E-state index contributed by atoms with van der Waals surface area (Å²) >= 11 is 0. The SMILES string of the molecule is CCCCCCCCCCNC(=O)CCCCCCCC(NC(=O)[C@H](O)[C@@H](O)[C@H](O)[C@H](O)CO)C(O)CCCCCCCC. The lowest BCUT2D eigenvalue weighted by Gasteiger charge is -2.29. The van der Waals surface area contributed by atoms with Crippen LogP contribution in [0.25, 0.3) is 0 Å². The molecular formula is C34H68N2O8. The van der Waals surface area contributed by atoms with Gasteiger partial charge in [0, 0.05) is 13.0 Å². The van der Waals surface area contributed by atoms with Gasteiger partial charge in [-0.05, 0) is 25.7 Å². The highest BCUT2D eigenvalue weighted by Gasteiger charge is 2.35. The van der Waals surface area contributed by atoms with Crippen LogP contribution in [0.2, 0.25) is 0 Å². The molecule has 0 fully saturated rings. The molecule has 10 heteroatoms. The summed E-state index contributed by atoms with van der Waals surface area (Å²) in [6, 6.07) is -0.637. The maximum absolute atomic E-state index is 12.7. The Morgan fingerprint density at radius 1 is 0.568 bits per heavy atom. The Hall–Kier alpha value is -1.30. The van der Waals surface area contributed by atoms with Gasteiger partial charge in [0.15, 0.2) is 6.10 Å². The highest BCUT2D eigenvalue weighted by atomic mass is 16.4. The predicted molar refractivity (Wildman–Crippen MR) is 175 cm³/mol. The van der Waals surface area contributed by atoms with E-state index < -0.39 is 49.1 Å². The summed E-state index contributed by atoms with van der Waals surface area (Å²) in [5, 5.41) is 65.2. The van der Waals surface area contributed by atoms with Gasteiger partial charge >= 0.3 is 0 Å². The van der Waals surface area contributed by atoms with Crippen LogP contribution in [-0.4, -0.2) is 92.2 Å². The molecule has 44 heavy (non-hydrogen) atoms. The molecule has 0 radical (unpaired) electrons. The molecule has 10 nitrogen and oxygen atoms in total. The fourth-order valence-corrected chi connectivity index (χ4v) is 5.40. The normalized spacial score (nSPS) is 15.7. The first kappa shape index (κ1) is 42.7. The van der Waals surface area contributed by atoms with Crippen LogP contribution < -0.4 is 10.6 Å². The minimum absolute atomic E-state index is 0.103. The van der Waals surface area contributed by atoms with Gasteiger partial charge in [0.1, 0.15) is 18.3 Å². The molecule has 2 amide bonds. The van der Waals surface area contributed by atoms with Crippen molar-refractivity contribution in [2.45, 2.75) is 192 Å². The van der Waals surface area contributed by atoms with E-state index in [1.54, 1.807) is 0 Å². The number of aliphatic hydroxyl groups excluding tert-OH is 6. The Labute approximate surface area is 267 Å². The molecule has 2 unspecified atom stereocenters. The highest BCUT2D eigenvalue weighted by Crippen LogP contribution is 2.17. The topological polar surface area (TPSA) is 180 Å². The van der Waals surface area contributed by atoms with E-state index in [2.05, 4.69) is 24.5 Å². The van der Waals surface area contributed by atoms with E-state index in [9.17, 15) is 35.1 Å². The third kappa shape index (κ3) is 22.2. The van der Waals surface area contributed by atoms with E-state index >= 15 is 0 Å². The molecule has 0 heterocycles. The predicted octanol–water partition coefficient (Wildman–Crippen LogP) is 4.01. The molecule has 6 atom stereocenters. The second-order valence-electron chi connectivity index (χ2n) is 12.5. The van der Waals surface area contributed by atoms with Crippen molar-refractivity contribution in [1.82, 2.24) is 10.6 Å². The van der Waals surface area contributed by atoms with Crippen LogP contribution in [0.15, 0.2) is 0 Å². The molecule has 0 aliphatic rings. The third-order valence-electron chi connectivity index (χ3n) is 8.44. The summed E-state index contributed by atoms with van der Waals surface area (Å²) in [4.78, 5) is 24.8. The lowest BCUT2D eigenvalue weighted by Crippen LogP contribution is -2.54. The van der Waals surface area contributed by atoms with Crippen LogP contribution in [0.1, 0.15) is 155 Å². The molecule has 0 spiro atoms. The molecule has 0 aliphatic heterocycles. The molecular weight excluding hydrogens is 564 g/mol. The Bertz CT molecular complexity index is 684. The summed E-state index contributed by atoms with van der Waals surface area (Å²) in [6.07, 6.45) is 13.6. The molecule has 0 saturated heterocycles. The molecule has 0 aliphatic carbocycles. The van der Waals surface area contributed by atoms with Crippen molar-refractivity contribution in [3.8, 4) is 0 Å². The molecule has 0 saturated carbocycles. The number of carbonyl (C=O) groups is 2. The smallest absolute Gasteiger partial charge is 0.251 e. The van der Waals surface area contributed by atoms with E-state index in [1.807, 2.05) is 0 Å². The Balaban J connectivity index is 4.44. The van der Waals surface area contributed by atoms with Crippen molar-refractivity contribution >= 4 is 11.8 Å². The van der Waals surface area contributed by atoms with Crippen LogP contribution in [0, 0.1) is 0 Å². The van der Waals surface area contributed by atoms with Gasteiger partial charge < -0.3 is 41.3 Å². The number of carbonyl (C=O) groups excluding carboxylic acids is 2. The Morgan fingerprint density at radius 3 is 1.59 bits per heavy atom. The summed E-state index contributed by atoms with van der Waals surface area (Å²) in [5.41, 5.74) is 0. The van der Waals surface area contributed by atoms with Gasteiger partial charge in [-0.2, -0.15) is 0 Å².